The molecule has 5 heteroatoms. The highest BCUT2D eigenvalue weighted by Gasteiger charge is 2.11. The Hall–Kier alpha value is -1.88. The van der Waals surface area contributed by atoms with Crippen molar-refractivity contribution in [3.63, 3.8) is 0 Å². The Morgan fingerprint density at radius 3 is 2.44 bits per heavy atom. The molecule has 0 aliphatic carbocycles. The highest BCUT2D eigenvalue weighted by molar-refractivity contribution is 5.92. The number of nitrogens with one attached hydrogen (secondary N) is 1. The molecule has 1 aromatic rings. The van der Waals surface area contributed by atoms with Crippen molar-refractivity contribution < 1.29 is 14.7 Å². The lowest BCUT2D eigenvalue weighted by atomic mass is 10.1. The van der Waals surface area contributed by atoms with Crippen LogP contribution in [0.4, 0.5) is 5.69 Å². The van der Waals surface area contributed by atoms with Crippen LogP contribution in [0.25, 0.3) is 0 Å². The summed E-state index contributed by atoms with van der Waals surface area (Å²) in [6.45, 7) is 2.30. The summed E-state index contributed by atoms with van der Waals surface area (Å²) >= 11 is 0. The van der Waals surface area contributed by atoms with Crippen LogP contribution in [0.2, 0.25) is 0 Å². The van der Waals surface area contributed by atoms with Gasteiger partial charge in [0.2, 0.25) is 5.91 Å². The largest absolute Gasteiger partial charge is 0.481 e. The highest BCUT2D eigenvalue weighted by atomic mass is 16.4. The zero-order valence-electron chi connectivity index (χ0n) is 10.3. The zero-order valence-corrected chi connectivity index (χ0v) is 10.3. The van der Waals surface area contributed by atoms with Crippen molar-refractivity contribution in [3.05, 3.63) is 29.8 Å². The van der Waals surface area contributed by atoms with Gasteiger partial charge >= 0.3 is 5.97 Å². The van der Waals surface area contributed by atoms with Gasteiger partial charge in [0.05, 0.1) is 6.42 Å². The van der Waals surface area contributed by atoms with Crippen molar-refractivity contribution in [3.8, 4) is 0 Å². The Morgan fingerprint density at radius 1 is 1.33 bits per heavy atom. The number of nitrogens with two attached hydrogens (primary N) is 1. The summed E-state index contributed by atoms with van der Waals surface area (Å²) < 4.78 is 0. The molecule has 1 atom stereocenters. The monoisotopic (exact) mass is 250 g/mol. The van der Waals surface area contributed by atoms with E-state index in [9.17, 15) is 9.59 Å². The third kappa shape index (κ3) is 4.55. The molecule has 0 saturated carbocycles. The summed E-state index contributed by atoms with van der Waals surface area (Å²) in [5, 5.41) is 11.4. The fourth-order valence-electron chi connectivity index (χ4n) is 1.53. The number of hydrogen-bond donors (Lipinski definition) is 3. The number of anilines is 1. The maximum Gasteiger partial charge on any atom is 0.307 e. The molecule has 18 heavy (non-hydrogen) atoms. The van der Waals surface area contributed by atoms with E-state index in [2.05, 4.69) is 5.32 Å². The first-order valence-electron chi connectivity index (χ1n) is 5.84. The second kappa shape index (κ2) is 6.76. The molecule has 1 rings (SSSR count). The van der Waals surface area contributed by atoms with Gasteiger partial charge < -0.3 is 16.2 Å². The lowest BCUT2D eigenvalue weighted by Crippen LogP contribution is -2.22. The summed E-state index contributed by atoms with van der Waals surface area (Å²) in [4.78, 5) is 22.2. The quantitative estimate of drug-likeness (QED) is 0.708. The Labute approximate surface area is 106 Å². The second-order valence-corrected chi connectivity index (χ2v) is 4.24. The molecule has 5 nitrogen and oxygen atoms in total. The first kappa shape index (κ1) is 14.2. The predicted molar refractivity (Wildman–Crippen MR) is 69.2 cm³/mol. The van der Waals surface area contributed by atoms with Crippen LogP contribution in [0.15, 0.2) is 24.3 Å². The number of carboxylic acids is 1. The molecular weight excluding hydrogens is 232 g/mol. The SMILES string of the molecule is CC(CCN)C(=O)Nc1ccc(CC(=O)O)cc1. The van der Waals surface area contributed by atoms with Gasteiger partial charge in [-0.15, -0.1) is 0 Å². The van der Waals surface area contributed by atoms with Crippen molar-refractivity contribution in [2.24, 2.45) is 11.7 Å². The molecule has 0 radical (unpaired) electrons. The van der Waals surface area contributed by atoms with Crippen LogP contribution in [-0.4, -0.2) is 23.5 Å². The van der Waals surface area contributed by atoms with Crippen LogP contribution in [0.5, 0.6) is 0 Å². The average molecular weight is 250 g/mol. The summed E-state index contributed by atoms with van der Waals surface area (Å²) in [5.74, 6) is -1.08. The number of rotatable bonds is 6. The molecule has 1 amide bonds. The Morgan fingerprint density at radius 2 is 1.94 bits per heavy atom. The lowest BCUT2D eigenvalue weighted by Gasteiger charge is -2.11. The molecule has 0 bridgehead atoms. The van der Waals surface area contributed by atoms with E-state index in [1.165, 1.54) is 0 Å². The van der Waals surface area contributed by atoms with E-state index in [-0.39, 0.29) is 18.2 Å². The third-order valence-corrected chi connectivity index (χ3v) is 2.62. The van der Waals surface area contributed by atoms with Gasteiger partial charge in [-0.05, 0) is 30.7 Å². The number of benzene rings is 1. The minimum atomic E-state index is -0.872. The lowest BCUT2D eigenvalue weighted by molar-refractivity contribution is -0.136. The van der Waals surface area contributed by atoms with Crippen LogP contribution in [0.1, 0.15) is 18.9 Å². The van der Waals surface area contributed by atoms with Crippen molar-refractivity contribution in [2.45, 2.75) is 19.8 Å². The van der Waals surface area contributed by atoms with Crippen LogP contribution in [0.3, 0.4) is 0 Å². The van der Waals surface area contributed by atoms with E-state index in [0.29, 0.717) is 24.2 Å². The standard InChI is InChI=1S/C13H18N2O3/c1-9(6-7-14)13(18)15-11-4-2-10(3-5-11)8-12(16)17/h2-5,9H,6-8,14H2,1H3,(H,15,18)(H,16,17). The van der Waals surface area contributed by atoms with Crippen molar-refractivity contribution in [1.29, 1.82) is 0 Å². The Kier molecular flexibility index (Phi) is 5.32. The fourth-order valence-corrected chi connectivity index (χ4v) is 1.53. The van der Waals surface area contributed by atoms with Gasteiger partial charge in [-0.25, -0.2) is 0 Å². The maximum atomic E-state index is 11.7. The molecule has 1 aromatic carbocycles. The molecule has 0 saturated heterocycles. The minimum Gasteiger partial charge on any atom is -0.481 e. The highest BCUT2D eigenvalue weighted by Crippen LogP contribution is 2.12. The number of amides is 1. The summed E-state index contributed by atoms with van der Waals surface area (Å²) in [5.41, 5.74) is 6.76. The molecule has 0 aliphatic rings. The molecule has 0 aliphatic heterocycles. The van der Waals surface area contributed by atoms with Crippen molar-refractivity contribution in [2.75, 3.05) is 11.9 Å². The maximum absolute atomic E-state index is 11.7. The Balaban J connectivity index is 2.58. The van der Waals surface area contributed by atoms with Gasteiger partial charge in [-0.2, -0.15) is 0 Å². The number of aliphatic carboxylic acids is 1. The van der Waals surface area contributed by atoms with Gasteiger partial charge in [-0.1, -0.05) is 19.1 Å². The first-order chi connectivity index (χ1) is 8.52. The van der Waals surface area contributed by atoms with Gasteiger partial charge in [0.15, 0.2) is 0 Å². The fraction of sp³-hybridized carbons (Fsp3) is 0.385. The predicted octanol–water partition coefficient (Wildman–Crippen LogP) is 1.24. The van der Waals surface area contributed by atoms with E-state index in [0.717, 1.165) is 0 Å². The van der Waals surface area contributed by atoms with E-state index in [1.807, 2.05) is 6.92 Å². The van der Waals surface area contributed by atoms with E-state index in [4.69, 9.17) is 10.8 Å². The number of carboxylic acid groups (broad SMARTS) is 1. The van der Waals surface area contributed by atoms with E-state index >= 15 is 0 Å². The molecule has 0 fully saturated rings. The smallest absolute Gasteiger partial charge is 0.307 e. The summed E-state index contributed by atoms with van der Waals surface area (Å²) in [7, 11) is 0. The number of carbonyl (C=O) groups excluding carboxylic acids is 1. The zero-order chi connectivity index (χ0) is 13.5. The van der Waals surface area contributed by atoms with Crippen molar-refractivity contribution >= 4 is 17.6 Å². The van der Waals surface area contributed by atoms with Gasteiger partial charge in [0, 0.05) is 11.6 Å². The van der Waals surface area contributed by atoms with Gasteiger partial charge in [0.25, 0.3) is 0 Å². The van der Waals surface area contributed by atoms with E-state index in [1.54, 1.807) is 24.3 Å². The van der Waals surface area contributed by atoms with E-state index < -0.39 is 5.97 Å². The normalized spacial score (nSPS) is 11.9. The summed E-state index contributed by atoms with van der Waals surface area (Å²) in [6.07, 6.45) is 0.626. The first-order valence-corrected chi connectivity index (χ1v) is 5.84. The van der Waals surface area contributed by atoms with Crippen LogP contribution < -0.4 is 11.1 Å². The van der Waals surface area contributed by atoms with Crippen LogP contribution in [0, 0.1) is 5.92 Å². The second-order valence-electron chi connectivity index (χ2n) is 4.24. The third-order valence-electron chi connectivity index (χ3n) is 2.62. The van der Waals surface area contributed by atoms with Crippen molar-refractivity contribution in [1.82, 2.24) is 0 Å². The molecule has 98 valence electrons. The molecule has 1 unspecified atom stereocenters. The molecule has 4 N–H and O–H groups in total. The number of carbonyl (C=O) groups is 2. The average Bonchev–Trinajstić information content (AvgIpc) is 2.31. The molecule has 0 spiro atoms. The topological polar surface area (TPSA) is 92.4 Å². The van der Waals surface area contributed by atoms with Gasteiger partial charge in [-0.3, -0.25) is 9.59 Å². The van der Waals surface area contributed by atoms with Gasteiger partial charge in [0.1, 0.15) is 0 Å². The molecular formula is C13H18N2O3. The molecule has 0 heterocycles. The van der Waals surface area contributed by atoms with Crippen LogP contribution in [-0.2, 0) is 16.0 Å². The number of hydrogen-bond acceptors (Lipinski definition) is 3. The minimum absolute atomic E-state index is 0.0161. The van der Waals surface area contributed by atoms with Crippen LogP contribution >= 0.6 is 0 Å². The molecule has 0 aromatic heterocycles. The Bertz CT molecular complexity index is 415. The summed E-state index contributed by atoms with van der Waals surface area (Å²) in [6, 6.07) is 6.78.